The zero-order valence-electron chi connectivity index (χ0n) is 12.1. The molecule has 1 N–H and O–H groups in total. The van der Waals surface area contributed by atoms with Crippen LogP contribution < -0.4 is 5.32 Å². The van der Waals surface area contributed by atoms with E-state index in [2.05, 4.69) is 22.1 Å². The van der Waals surface area contributed by atoms with Gasteiger partial charge in [-0.2, -0.15) is 0 Å². The minimum absolute atomic E-state index is 0.175. The molecule has 0 aliphatic rings. The van der Waals surface area contributed by atoms with Crippen molar-refractivity contribution < 1.29 is 4.79 Å². The monoisotopic (exact) mass is 405 g/mol. The molecule has 0 unspecified atom stereocenters. The van der Waals surface area contributed by atoms with Crippen LogP contribution in [0.3, 0.4) is 0 Å². The van der Waals surface area contributed by atoms with Crippen molar-refractivity contribution in [3.63, 3.8) is 0 Å². The highest BCUT2D eigenvalue weighted by atomic mass is 35.5. The molecular weight excluding hydrogens is 393 g/mol. The molecule has 0 bridgehead atoms. The quantitative estimate of drug-likeness (QED) is 0.503. The van der Waals surface area contributed by atoms with Crippen LogP contribution in [0, 0.1) is 0 Å². The smallest absolute Gasteiger partial charge is 0.234 e. The molecular formula is C14H13Cl2N3OS3. The maximum absolute atomic E-state index is 12.0. The highest BCUT2D eigenvalue weighted by Crippen LogP contribution is 2.31. The fourth-order valence-electron chi connectivity index (χ4n) is 1.41. The predicted octanol–water partition coefficient (Wildman–Crippen LogP) is 5.24. The fraction of sp³-hybridized carbons (Fsp3) is 0.214. The summed E-state index contributed by atoms with van der Waals surface area (Å²) in [5.74, 6) is 0.862. The molecule has 0 spiro atoms. The summed E-state index contributed by atoms with van der Waals surface area (Å²) in [7, 11) is 0. The van der Waals surface area contributed by atoms with E-state index in [4.69, 9.17) is 23.2 Å². The predicted molar refractivity (Wildman–Crippen MR) is 101 cm³/mol. The lowest BCUT2D eigenvalue weighted by Gasteiger charge is -2.07. The first kappa shape index (κ1) is 18.6. The van der Waals surface area contributed by atoms with Crippen molar-refractivity contribution in [1.82, 2.24) is 10.2 Å². The van der Waals surface area contributed by atoms with Gasteiger partial charge in [0.15, 0.2) is 8.68 Å². The van der Waals surface area contributed by atoms with Gasteiger partial charge in [0.05, 0.1) is 21.5 Å². The number of anilines is 1. The highest BCUT2D eigenvalue weighted by Gasteiger charge is 2.11. The average Bonchev–Trinajstić information content (AvgIpc) is 2.96. The van der Waals surface area contributed by atoms with Gasteiger partial charge in [-0.25, -0.2) is 0 Å². The van der Waals surface area contributed by atoms with Gasteiger partial charge in [-0.05, 0) is 19.1 Å². The number of benzene rings is 1. The van der Waals surface area contributed by atoms with Crippen molar-refractivity contribution in [3.05, 3.63) is 40.4 Å². The topological polar surface area (TPSA) is 54.9 Å². The lowest BCUT2D eigenvalue weighted by molar-refractivity contribution is -0.113. The summed E-state index contributed by atoms with van der Waals surface area (Å²) in [4.78, 5) is 12.0. The van der Waals surface area contributed by atoms with Crippen LogP contribution in [-0.4, -0.2) is 27.6 Å². The Morgan fingerprint density at radius 3 is 2.57 bits per heavy atom. The minimum atomic E-state index is -0.175. The van der Waals surface area contributed by atoms with E-state index in [1.165, 1.54) is 23.1 Å². The SMILES string of the molecule is C=C(C)CSc1nnc(SCC(=O)Nc2cccc(Cl)c2Cl)s1. The summed E-state index contributed by atoms with van der Waals surface area (Å²) in [6.07, 6.45) is 0. The Bertz CT molecular complexity index is 721. The molecule has 2 rings (SSSR count). The molecule has 0 fully saturated rings. The number of hydrogen-bond acceptors (Lipinski definition) is 6. The van der Waals surface area contributed by atoms with Crippen LogP contribution in [0.5, 0.6) is 0 Å². The van der Waals surface area contributed by atoms with Gasteiger partial charge >= 0.3 is 0 Å². The number of nitrogens with one attached hydrogen (secondary N) is 1. The number of carbonyl (C=O) groups is 1. The number of halogens is 2. The van der Waals surface area contributed by atoms with E-state index in [1.807, 2.05) is 6.92 Å². The Labute approximate surface area is 157 Å². The van der Waals surface area contributed by atoms with Crippen molar-refractivity contribution >= 4 is 69.7 Å². The molecule has 1 aromatic carbocycles. The zero-order chi connectivity index (χ0) is 16.8. The van der Waals surface area contributed by atoms with Crippen LogP contribution in [0.2, 0.25) is 10.0 Å². The second kappa shape index (κ2) is 8.94. The highest BCUT2D eigenvalue weighted by molar-refractivity contribution is 8.03. The molecule has 0 saturated carbocycles. The normalized spacial score (nSPS) is 10.6. The molecule has 9 heteroatoms. The average molecular weight is 406 g/mol. The summed E-state index contributed by atoms with van der Waals surface area (Å²) in [5.41, 5.74) is 1.58. The van der Waals surface area contributed by atoms with Gasteiger partial charge in [-0.3, -0.25) is 4.79 Å². The third-order valence-electron chi connectivity index (χ3n) is 2.38. The van der Waals surface area contributed by atoms with Crippen molar-refractivity contribution in [3.8, 4) is 0 Å². The maximum Gasteiger partial charge on any atom is 0.234 e. The minimum Gasteiger partial charge on any atom is -0.324 e. The van der Waals surface area contributed by atoms with Crippen LogP contribution >= 0.6 is 58.1 Å². The Morgan fingerprint density at radius 2 is 1.91 bits per heavy atom. The van der Waals surface area contributed by atoms with Crippen molar-refractivity contribution in [2.75, 3.05) is 16.8 Å². The standard InChI is InChI=1S/C14H13Cl2N3OS3/c1-8(2)6-21-13-18-19-14(23-13)22-7-11(20)17-10-5-3-4-9(15)12(10)16/h3-5H,1,6-7H2,2H3,(H,17,20). The van der Waals surface area contributed by atoms with E-state index in [9.17, 15) is 4.79 Å². The number of carbonyl (C=O) groups excluding carboxylic acids is 1. The molecule has 4 nitrogen and oxygen atoms in total. The van der Waals surface area contributed by atoms with Gasteiger partial charge < -0.3 is 5.32 Å². The molecule has 1 heterocycles. The van der Waals surface area contributed by atoms with Gasteiger partial charge in [0.25, 0.3) is 0 Å². The Morgan fingerprint density at radius 1 is 1.26 bits per heavy atom. The summed E-state index contributed by atoms with van der Waals surface area (Å²) < 4.78 is 1.62. The summed E-state index contributed by atoms with van der Waals surface area (Å²) in [6, 6.07) is 5.10. The number of rotatable bonds is 7. The van der Waals surface area contributed by atoms with Gasteiger partial charge in [0.2, 0.25) is 5.91 Å². The van der Waals surface area contributed by atoms with Crippen LogP contribution in [0.15, 0.2) is 39.0 Å². The van der Waals surface area contributed by atoms with Crippen molar-refractivity contribution in [1.29, 1.82) is 0 Å². The molecule has 0 aliphatic heterocycles. The molecule has 0 saturated heterocycles. The largest absolute Gasteiger partial charge is 0.324 e. The molecule has 2 aromatic rings. The summed E-state index contributed by atoms with van der Waals surface area (Å²) >= 11 is 16.3. The van der Waals surface area contributed by atoms with Crippen LogP contribution in [0.1, 0.15) is 6.92 Å². The molecule has 1 aromatic heterocycles. The van der Waals surface area contributed by atoms with E-state index in [0.29, 0.717) is 15.7 Å². The number of thioether (sulfide) groups is 2. The maximum atomic E-state index is 12.0. The Hall–Kier alpha value is -0.730. The van der Waals surface area contributed by atoms with Crippen LogP contribution in [-0.2, 0) is 4.79 Å². The van der Waals surface area contributed by atoms with Gasteiger partial charge in [0.1, 0.15) is 0 Å². The van der Waals surface area contributed by atoms with E-state index in [1.54, 1.807) is 30.0 Å². The molecule has 1 amide bonds. The molecule has 23 heavy (non-hydrogen) atoms. The number of amides is 1. The second-order valence-electron chi connectivity index (χ2n) is 4.52. The van der Waals surface area contributed by atoms with E-state index in [0.717, 1.165) is 20.0 Å². The second-order valence-corrected chi connectivity index (χ2v) is 8.73. The molecule has 0 atom stereocenters. The van der Waals surface area contributed by atoms with Crippen molar-refractivity contribution in [2.45, 2.75) is 15.6 Å². The molecule has 0 aliphatic carbocycles. The zero-order valence-corrected chi connectivity index (χ0v) is 16.1. The number of hydrogen-bond donors (Lipinski definition) is 1. The Kier molecular flexibility index (Phi) is 7.23. The first-order valence-corrected chi connectivity index (χ1v) is 9.97. The van der Waals surface area contributed by atoms with E-state index in [-0.39, 0.29) is 11.7 Å². The Balaban J connectivity index is 1.85. The lowest BCUT2D eigenvalue weighted by atomic mass is 10.3. The van der Waals surface area contributed by atoms with E-state index < -0.39 is 0 Å². The number of nitrogens with zero attached hydrogens (tertiary/aromatic N) is 2. The summed E-state index contributed by atoms with van der Waals surface area (Å²) in [5, 5.41) is 11.6. The van der Waals surface area contributed by atoms with Gasteiger partial charge in [0, 0.05) is 5.75 Å². The van der Waals surface area contributed by atoms with Gasteiger partial charge in [-0.1, -0.05) is 76.3 Å². The van der Waals surface area contributed by atoms with Gasteiger partial charge in [-0.15, -0.1) is 10.2 Å². The van der Waals surface area contributed by atoms with Crippen LogP contribution in [0.25, 0.3) is 0 Å². The summed E-state index contributed by atoms with van der Waals surface area (Å²) in [6.45, 7) is 5.81. The lowest BCUT2D eigenvalue weighted by Crippen LogP contribution is -2.14. The number of aromatic nitrogens is 2. The molecule has 122 valence electrons. The first-order chi connectivity index (χ1) is 11.0. The fourth-order valence-corrected chi connectivity index (χ4v) is 4.42. The third kappa shape index (κ3) is 6.00. The molecule has 0 radical (unpaired) electrons. The first-order valence-electron chi connectivity index (χ1n) is 6.43. The van der Waals surface area contributed by atoms with Crippen LogP contribution in [0.4, 0.5) is 5.69 Å². The van der Waals surface area contributed by atoms with Crippen molar-refractivity contribution in [2.24, 2.45) is 0 Å². The van der Waals surface area contributed by atoms with E-state index >= 15 is 0 Å². The third-order valence-corrected chi connectivity index (χ3v) is 6.62.